The molecule has 25 heavy (non-hydrogen) atoms. The lowest BCUT2D eigenvalue weighted by atomic mass is 10.1. The molecule has 1 aromatic rings. The van der Waals surface area contributed by atoms with E-state index >= 15 is 0 Å². The fourth-order valence-electron chi connectivity index (χ4n) is 4.00. The molecule has 2 fully saturated rings. The molecular formula is C20H31N3O2. The Morgan fingerprint density at radius 2 is 1.84 bits per heavy atom. The minimum atomic E-state index is -0.241. The molecule has 2 aliphatic rings. The minimum Gasteiger partial charge on any atom is -0.374 e. The summed E-state index contributed by atoms with van der Waals surface area (Å²) in [7, 11) is 0. The first-order valence-electron chi connectivity index (χ1n) is 9.50. The zero-order valence-corrected chi connectivity index (χ0v) is 15.9. The van der Waals surface area contributed by atoms with Crippen molar-refractivity contribution in [3.8, 4) is 0 Å². The van der Waals surface area contributed by atoms with Crippen LogP contribution in [0.4, 0.5) is 11.4 Å². The fraction of sp³-hybridized carbons (Fsp3) is 0.650. The van der Waals surface area contributed by atoms with Crippen molar-refractivity contribution in [1.82, 2.24) is 4.90 Å². The minimum absolute atomic E-state index is 0.0990. The molecule has 0 spiro atoms. The number of aryl methyl sites for hydroxylation is 1. The molecule has 2 aliphatic heterocycles. The lowest BCUT2D eigenvalue weighted by molar-refractivity contribution is -0.143. The summed E-state index contributed by atoms with van der Waals surface area (Å²) < 4.78 is 5.72. The van der Waals surface area contributed by atoms with Gasteiger partial charge in [-0.05, 0) is 64.3 Å². The number of hydrogen-bond donors (Lipinski definition) is 1. The molecule has 0 unspecified atom stereocenters. The largest absolute Gasteiger partial charge is 0.374 e. The van der Waals surface area contributed by atoms with Crippen molar-refractivity contribution in [3.63, 3.8) is 0 Å². The third-order valence-electron chi connectivity index (χ3n) is 5.13. The van der Waals surface area contributed by atoms with Gasteiger partial charge < -0.3 is 19.9 Å². The van der Waals surface area contributed by atoms with Crippen LogP contribution in [0.2, 0.25) is 0 Å². The van der Waals surface area contributed by atoms with E-state index < -0.39 is 0 Å². The van der Waals surface area contributed by atoms with Gasteiger partial charge in [0.25, 0.3) is 0 Å². The van der Waals surface area contributed by atoms with Crippen molar-refractivity contribution in [2.24, 2.45) is 0 Å². The third-order valence-corrected chi connectivity index (χ3v) is 5.13. The summed E-state index contributed by atoms with van der Waals surface area (Å²) in [5.74, 6) is 0.142. The van der Waals surface area contributed by atoms with E-state index in [-0.39, 0.29) is 24.2 Å². The number of carbonyl (C=O) groups is 1. The highest BCUT2D eigenvalue weighted by Crippen LogP contribution is 2.27. The Kier molecular flexibility index (Phi) is 5.52. The normalized spacial score (nSPS) is 25.1. The Balaban J connectivity index is 1.63. The Hall–Kier alpha value is -1.75. The number of nitrogens with one attached hydrogen (secondary N) is 1. The van der Waals surface area contributed by atoms with Gasteiger partial charge in [-0.2, -0.15) is 0 Å². The predicted octanol–water partition coefficient (Wildman–Crippen LogP) is 3.03. The summed E-state index contributed by atoms with van der Waals surface area (Å²) >= 11 is 0. The van der Waals surface area contributed by atoms with Gasteiger partial charge in [0.15, 0.2) is 0 Å². The summed E-state index contributed by atoms with van der Waals surface area (Å²) in [4.78, 5) is 17.1. The average molecular weight is 345 g/mol. The number of anilines is 2. The first kappa shape index (κ1) is 18.1. The molecule has 5 heteroatoms. The van der Waals surface area contributed by atoms with Gasteiger partial charge in [-0.15, -0.1) is 0 Å². The molecule has 1 amide bonds. The van der Waals surface area contributed by atoms with Crippen LogP contribution in [-0.4, -0.2) is 55.2 Å². The Bertz CT molecular complexity index is 603. The van der Waals surface area contributed by atoms with Gasteiger partial charge in [-0.25, -0.2) is 0 Å². The van der Waals surface area contributed by atoms with Gasteiger partial charge in [-0.1, -0.05) is 0 Å². The predicted molar refractivity (Wildman–Crippen MR) is 102 cm³/mol. The van der Waals surface area contributed by atoms with Crippen molar-refractivity contribution >= 4 is 17.3 Å². The zero-order chi connectivity index (χ0) is 18.0. The van der Waals surface area contributed by atoms with Crippen LogP contribution in [0.3, 0.4) is 0 Å². The van der Waals surface area contributed by atoms with Crippen molar-refractivity contribution in [2.75, 3.05) is 36.4 Å². The van der Waals surface area contributed by atoms with Crippen LogP contribution in [0.25, 0.3) is 0 Å². The van der Waals surface area contributed by atoms with Gasteiger partial charge in [-0.3, -0.25) is 4.79 Å². The maximum absolute atomic E-state index is 12.8. The number of nitrogens with zero attached hydrogens (tertiary/aromatic N) is 2. The Morgan fingerprint density at radius 1 is 1.20 bits per heavy atom. The number of morpholine rings is 1. The van der Waals surface area contributed by atoms with Crippen molar-refractivity contribution in [1.29, 1.82) is 0 Å². The second-order valence-corrected chi connectivity index (χ2v) is 7.56. The van der Waals surface area contributed by atoms with Crippen LogP contribution in [0, 0.1) is 6.92 Å². The van der Waals surface area contributed by atoms with Crippen LogP contribution in [0.5, 0.6) is 0 Å². The van der Waals surface area contributed by atoms with Gasteiger partial charge in [0, 0.05) is 37.6 Å². The van der Waals surface area contributed by atoms with Crippen LogP contribution in [0.15, 0.2) is 18.2 Å². The number of hydrogen-bond acceptors (Lipinski definition) is 4. The molecule has 2 saturated heterocycles. The van der Waals surface area contributed by atoms with E-state index in [0.717, 1.165) is 18.8 Å². The second kappa shape index (κ2) is 7.65. The topological polar surface area (TPSA) is 44.8 Å². The van der Waals surface area contributed by atoms with E-state index in [4.69, 9.17) is 4.74 Å². The first-order valence-corrected chi connectivity index (χ1v) is 9.50. The third kappa shape index (κ3) is 4.27. The van der Waals surface area contributed by atoms with Crippen molar-refractivity contribution < 1.29 is 9.53 Å². The molecule has 0 aliphatic carbocycles. The van der Waals surface area contributed by atoms with E-state index in [1.54, 1.807) is 0 Å². The zero-order valence-electron chi connectivity index (χ0n) is 15.9. The highest BCUT2D eigenvalue weighted by molar-refractivity contribution is 5.84. The number of benzene rings is 1. The number of carbonyl (C=O) groups excluding carboxylic acids is 1. The van der Waals surface area contributed by atoms with E-state index in [0.29, 0.717) is 13.1 Å². The van der Waals surface area contributed by atoms with Crippen LogP contribution < -0.4 is 10.2 Å². The quantitative estimate of drug-likeness (QED) is 0.911. The van der Waals surface area contributed by atoms with Crippen LogP contribution in [0.1, 0.15) is 39.2 Å². The second-order valence-electron chi connectivity index (χ2n) is 7.56. The van der Waals surface area contributed by atoms with E-state index in [2.05, 4.69) is 35.3 Å². The maximum atomic E-state index is 12.8. The molecule has 0 radical (unpaired) electrons. The molecule has 2 heterocycles. The van der Waals surface area contributed by atoms with Gasteiger partial charge in [0.05, 0.1) is 12.2 Å². The number of amides is 1. The monoisotopic (exact) mass is 345 g/mol. The number of ether oxygens (including phenoxy) is 1. The highest BCUT2D eigenvalue weighted by Gasteiger charge is 2.28. The highest BCUT2D eigenvalue weighted by atomic mass is 16.5. The molecule has 5 nitrogen and oxygen atoms in total. The van der Waals surface area contributed by atoms with Gasteiger partial charge >= 0.3 is 0 Å². The summed E-state index contributed by atoms with van der Waals surface area (Å²) in [5, 5.41) is 3.38. The molecule has 138 valence electrons. The molecule has 3 atom stereocenters. The SMILES string of the molecule is Cc1cc(N[C@H](C)C(=O)N2C[C@@H](C)O[C@@H](C)C2)ccc1N1CCCC1. The molecule has 0 saturated carbocycles. The van der Waals surface area contributed by atoms with Crippen molar-refractivity contribution in [3.05, 3.63) is 23.8 Å². The molecule has 3 rings (SSSR count). The number of rotatable bonds is 4. The summed E-state index contributed by atoms with van der Waals surface area (Å²) in [5.41, 5.74) is 3.59. The lowest BCUT2D eigenvalue weighted by Crippen LogP contribution is -2.52. The molecule has 1 N–H and O–H groups in total. The molecule has 1 aromatic carbocycles. The standard InChI is InChI=1S/C20H31N3O2/c1-14-11-18(7-8-19(14)22-9-5-6-10-22)21-17(4)20(24)23-12-15(2)25-16(3)13-23/h7-8,11,15-17,21H,5-6,9-10,12-13H2,1-4H3/t15-,16+,17-/m1/s1. The van der Waals surface area contributed by atoms with Crippen molar-refractivity contribution in [2.45, 2.75) is 58.8 Å². The Morgan fingerprint density at radius 3 is 2.44 bits per heavy atom. The van der Waals surface area contributed by atoms with E-state index in [1.165, 1.54) is 24.1 Å². The Labute approximate surface area is 151 Å². The summed E-state index contributed by atoms with van der Waals surface area (Å²) in [6, 6.07) is 6.19. The van der Waals surface area contributed by atoms with Crippen LogP contribution >= 0.6 is 0 Å². The smallest absolute Gasteiger partial charge is 0.244 e. The molecular weight excluding hydrogens is 314 g/mol. The maximum Gasteiger partial charge on any atom is 0.244 e. The van der Waals surface area contributed by atoms with E-state index in [9.17, 15) is 4.79 Å². The summed E-state index contributed by atoms with van der Waals surface area (Å²) in [6.45, 7) is 11.8. The van der Waals surface area contributed by atoms with Crippen LogP contribution in [-0.2, 0) is 9.53 Å². The molecule has 0 bridgehead atoms. The van der Waals surface area contributed by atoms with Gasteiger partial charge in [0.2, 0.25) is 5.91 Å². The average Bonchev–Trinajstić information content (AvgIpc) is 3.07. The van der Waals surface area contributed by atoms with Gasteiger partial charge in [0.1, 0.15) is 6.04 Å². The molecule has 0 aromatic heterocycles. The fourth-order valence-corrected chi connectivity index (χ4v) is 4.00. The first-order chi connectivity index (χ1) is 11.9. The van der Waals surface area contributed by atoms with E-state index in [1.807, 2.05) is 25.7 Å². The summed E-state index contributed by atoms with van der Waals surface area (Å²) in [6.07, 6.45) is 2.76. The lowest BCUT2D eigenvalue weighted by Gasteiger charge is -2.36.